The quantitative estimate of drug-likeness (QED) is 0.168. The van der Waals surface area contributed by atoms with Crippen molar-refractivity contribution in [2.75, 3.05) is 22.9 Å². The Hall–Kier alpha value is -5.34. The summed E-state index contributed by atoms with van der Waals surface area (Å²) in [5.74, 6) is 0. The minimum absolute atomic E-state index is 0.0835. The van der Waals surface area contributed by atoms with E-state index in [1.54, 1.807) is 0 Å². The molecule has 9 rings (SSSR count). The van der Waals surface area contributed by atoms with Crippen molar-refractivity contribution in [2.45, 2.75) is 78.1 Å². The Kier molecular flexibility index (Phi) is 8.42. The van der Waals surface area contributed by atoms with Crippen LogP contribution in [0.1, 0.15) is 76.6 Å². The van der Waals surface area contributed by atoms with Crippen LogP contribution >= 0.6 is 0 Å². The minimum atomic E-state index is 0.0835. The lowest BCUT2D eigenvalue weighted by Crippen LogP contribution is -2.24. The van der Waals surface area contributed by atoms with Gasteiger partial charge >= 0.3 is 0 Å². The van der Waals surface area contributed by atoms with Crippen LogP contribution in [0, 0.1) is 0 Å². The van der Waals surface area contributed by atoms with Gasteiger partial charge in [0.1, 0.15) is 0 Å². The molecule has 0 saturated carbocycles. The van der Waals surface area contributed by atoms with Crippen LogP contribution in [-0.4, -0.2) is 13.1 Å². The molecule has 0 bridgehead atoms. The fourth-order valence-electron chi connectivity index (χ4n) is 9.04. The third-order valence-corrected chi connectivity index (χ3v) is 12.0. The van der Waals surface area contributed by atoms with Gasteiger partial charge in [-0.05, 0) is 139 Å². The third-order valence-electron chi connectivity index (χ3n) is 12.0. The van der Waals surface area contributed by atoms with Gasteiger partial charge in [0.2, 0.25) is 0 Å². The van der Waals surface area contributed by atoms with Crippen LogP contribution in [0.2, 0.25) is 0 Å². The standard InChI is InChI=1S/C52H52N2/c1-51(2,3)39-23-19-37(20-24-39)49-43-29-27-42(54-32-12-16-36-14-8-10-18-48(36)54)34-46(43)50(38-21-25-40(26-22-38)52(4,5)6)44-30-28-41(33-45(44)49)53-31-11-15-35-13-7-9-17-47(35)53/h7-10,13-14,17-30,33-34H,11-12,15-16,31-32H2,1-6H3. The summed E-state index contributed by atoms with van der Waals surface area (Å²) in [6, 6.07) is 51.3. The zero-order chi connectivity index (χ0) is 37.2. The first kappa shape index (κ1) is 34.4. The van der Waals surface area contributed by atoms with Crippen LogP contribution in [0.3, 0.4) is 0 Å². The van der Waals surface area contributed by atoms with Crippen molar-refractivity contribution in [3.63, 3.8) is 0 Å². The van der Waals surface area contributed by atoms with Crippen molar-refractivity contribution in [3.05, 3.63) is 156 Å². The summed E-state index contributed by atoms with van der Waals surface area (Å²) in [7, 11) is 0. The fourth-order valence-corrected chi connectivity index (χ4v) is 9.04. The Morgan fingerprint density at radius 2 is 0.796 bits per heavy atom. The monoisotopic (exact) mass is 704 g/mol. The summed E-state index contributed by atoms with van der Waals surface area (Å²) in [5, 5.41) is 5.20. The van der Waals surface area contributed by atoms with Crippen LogP contribution in [0.25, 0.3) is 43.8 Å². The number of rotatable bonds is 4. The number of para-hydroxylation sites is 2. The molecule has 270 valence electrons. The lowest BCUT2D eigenvalue weighted by molar-refractivity contribution is 0.590. The van der Waals surface area contributed by atoms with Gasteiger partial charge in [-0.25, -0.2) is 0 Å². The molecule has 2 heterocycles. The second kappa shape index (κ2) is 13.2. The van der Waals surface area contributed by atoms with E-state index < -0.39 is 0 Å². The van der Waals surface area contributed by atoms with E-state index in [2.05, 4.69) is 185 Å². The molecule has 0 aliphatic carbocycles. The summed E-state index contributed by atoms with van der Waals surface area (Å²) in [4.78, 5) is 5.09. The predicted molar refractivity (Wildman–Crippen MR) is 233 cm³/mol. The van der Waals surface area contributed by atoms with E-state index >= 15 is 0 Å². The number of benzene rings is 7. The molecule has 2 aliphatic rings. The van der Waals surface area contributed by atoms with E-state index in [0.29, 0.717) is 0 Å². The van der Waals surface area contributed by atoms with Crippen LogP contribution in [0.15, 0.2) is 133 Å². The smallest absolute Gasteiger partial charge is 0.0443 e. The van der Waals surface area contributed by atoms with Gasteiger partial charge < -0.3 is 9.80 Å². The number of hydrogen-bond acceptors (Lipinski definition) is 2. The number of anilines is 4. The van der Waals surface area contributed by atoms with Crippen LogP contribution < -0.4 is 9.80 Å². The molecule has 7 aromatic rings. The summed E-state index contributed by atoms with van der Waals surface area (Å²) in [6.45, 7) is 15.8. The highest BCUT2D eigenvalue weighted by atomic mass is 15.1. The van der Waals surface area contributed by atoms with Crippen molar-refractivity contribution in [1.82, 2.24) is 0 Å². The number of aryl methyl sites for hydroxylation is 2. The second-order valence-corrected chi connectivity index (χ2v) is 17.6. The molecule has 54 heavy (non-hydrogen) atoms. The molecule has 0 radical (unpaired) electrons. The van der Waals surface area contributed by atoms with Crippen LogP contribution in [0.4, 0.5) is 22.7 Å². The Morgan fingerprint density at radius 3 is 1.19 bits per heavy atom. The van der Waals surface area contributed by atoms with Crippen molar-refractivity contribution in [3.8, 4) is 22.3 Å². The first-order valence-corrected chi connectivity index (χ1v) is 20.0. The molecule has 7 aromatic carbocycles. The lowest BCUT2D eigenvalue weighted by Gasteiger charge is -2.32. The molecule has 0 spiro atoms. The zero-order valence-corrected chi connectivity index (χ0v) is 32.8. The highest BCUT2D eigenvalue weighted by Crippen LogP contribution is 2.48. The van der Waals surface area contributed by atoms with Gasteiger partial charge in [0.25, 0.3) is 0 Å². The van der Waals surface area contributed by atoms with E-state index in [4.69, 9.17) is 0 Å². The maximum absolute atomic E-state index is 2.55. The summed E-state index contributed by atoms with van der Waals surface area (Å²) in [5.41, 5.74) is 16.1. The molecular formula is C52H52N2. The van der Waals surface area contributed by atoms with Gasteiger partial charge in [0.05, 0.1) is 0 Å². The SMILES string of the molecule is CC(C)(C)c1ccc(-c2c3ccc(N4CCCc5ccccc54)cc3c(-c3ccc(C(C)(C)C)cc3)c3ccc(N4CCCc5ccccc54)cc23)cc1. The van der Waals surface area contributed by atoms with Gasteiger partial charge in [-0.1, -0.05) is 139 Å². The zero-order valence-electron chi connectivity index (χ0n) is 32.8. The van der Waals surface area contributed by atoms with Gasteiger partial charge in [-0.15, -0.1) is 0 Å². The third kappa shape index (κ3) is 6.06. The maximum atomic E-state index is 2.55. The highest BCUT2D eigenvalue weighted by Gasteiger charge is 2.25. The molecule has 0 N–H and O–H groups in total. The Balaban J connectivity index is 1.35. The van der Waals surface area contributed by atoms with Gasteiger partial charge in [0, 0.05) is 35.8 Å². The molecule has 2 nitrogen and oxygen atoms in total. The molecule has 0 unspecified atom stereocenters. The van der Waals surface area contributed by atoms with Crippen LogP contribution in [-0.2, 0) is 23.7 Å². The Labute approximate surface area is 322 Å². The van der Waals surface area contributed by atoms with Crippen molar-refractivity contribution in [2.24, 2.45) is 0 Å². The predicted octanol–water partition coefficient (Wildman–Crippen LogP) is 14.1. The Bertz CT molecular complexity index is 2330. The number of fused-ring (bicyclic) bond motifs is 4. The number of hydrogen-bond donors (Lipinski definition) is 0. The van der Waals surface area contributed by atoms with E-state index in [-0.39, 0.29) is 10.8 Å². The molecule has 2 aliphatic heterocycles. The summed E-state index contributed by atoms with van der Waals surface area (Å²) >= 11 is 0. The molecule has 0 fully saturated rings. The molecule has 0 amide bonds. The van der Waals surface area contributed by atoms with Gasteiger partial charge in [-0.2, -0.15) is 0 Å². The maximum Gasteiger partial charge on any atom is 0.0443 e. The van der Waals surface area contributed by atoms with E-state index in [1.807, 2.05) is 0 Å². The first-order chi connectivity index (χ1) is 26.0. The summed E-state index contributed by atoms with van der Waals surface area (Å²) < 4.78 is 0. The van der Waals surface area contributed by atoms with E-state index in [1.165, 1.54) is 88.8 Å². The average Bonchev–Trinajstić information content (AvgIpc) is 3.18. The molecule has 0 atom stereocenters. The normalized spacial score (nSPS) is 14.7. The lowest BCUT2D eigenvalue weighted by atomic mass is 9.82. The summed E-state index contributed by atoms with van der Waals surface area (Å²) in [6.07, 6.45) is 4.58. The topological polar surface area (TPSA) is 6.48 Å². The molecule has 2 heteroatoms. The molecular weight excluding hydrogens is 653 g/mol. The second-order valence-electron chi connectivity index (χ2n) is 17.6. The number of nitrogens with zero attached hydrogens (tertiary/aromatic N) is 2. The van der Waals surface area contributed by atoms with Gasteiger partial charge in [-0.3, -0.25) is 0 Å². The fraction of sp³-hybridized carbons (Fsp3) is 0.269. The first-order valence-electron chi connectivity index (χ1n) is 20.0. The largest absolute Gasteiger partial charge is 0.341 e. The highest BCUT2D eigenvalue weighted by molar-refractivity contribution is 6.22. The average molecular weight is 705 g/mol. The molecule has 0 aromatic heterocycles. The van der Waals surface area contributed by atoms with Crippen molar-refractivity contribution >= 4 is 44.3 Å². The van der Waals surface area contributed by atoms with Crippen molar-refractivity contribution in [1.29, 1.82) is 0 Å². The van der Waals surface area contributed by atoms with E-state index in [9.17, 15) is 0 Å². The van der Waals surface area contributed by atoms with Gasteiger partial charge in [0.15, 0.2) is 0 Å². The minimum Gasteiger partial charge on any atom is -0.341 e. The molecule has 0 saturated heterocycles. The van der Waals surface area contributed by atoms with Crippen LogP contribution in [0.5, 0.6) is 0 Å². The Morgan fingerprint density at radius 1 is 0.407 bits per heavy atom. The van der Waals surface area contributed by atoms with Crippen molar-refractivity contribution < 1.29 is 0 Å². The van der Waals surface area contributed by atoms with E-state index in [0.717, 1.165) is 38.8 Å².